The lowest BCUT2D eigenvalue weighted by Crippen LogP contribution is -2.55. The molecule has 5 nitrogen and oxygen atoms in total. The van der Waals surface area contributed by atoms with Crippen LogP contribution < -0.4 is 11.1 Å². The first kappa shape index (κ1) is 14.8. The van der Waals surface area contributed by atoms with Gasteiger partial charge in [0.1, 0.15) is 0 Å². The molecule has 2 saturated heterocycles. The Morgan fingerprint density at radius 2 is 2.14 bits per heavy atom. The maximum atomic E-state index is 12.5. The number of piperidine rings is 2. The first-order valence-corrected chi connectivity index (χ1v) is 8.44. The van der Waals surface area contributed by atoms with E-state index in [2.05, 4.69) is 5.32 Å². The highest BCUT2D eigenvalue weighted by Crippen LogP contribution is 2.29. The van der Waals surface area contributed by atoms with Gasteiger partial charge in [-0.1, -0.05) is 6.42 Å². The number of fused-ring (bicyclic) bond motifs is 1. The molecule has 1 saturated carbocycles. The minimum atomic E-state index is 0.173. The molecule has 1 aliphatic carbocycles. The van der Waals surface area contributed by atoms with Gasteiger partial charge in [-0.2, -0.15) is 0 Å². The van der Waals surface area contributed by atoms with Crippen LogP contribution in [0.1, 0.15) is 51.4 Å². The average molecular weight is 293 g/mol. The summed E-state index contributed by atoms with van der Waals surface area (Å²) in [6.45, 7) is 1.61. The summed E-state index contributed by atoms with van der Waals surface area (Å²) in [6, 6.07) is 0.578. The fraction of sp³-hybridized carbons (Fsp3) is 0.875. The van der Waals surface area contributed by atoms with Gasteiger partial charge in [0.2, 0.25) is 11.8 Å². The van der Waals surface area contributed by atoms with Crippen LogP contribution in [0, 0.1) is 11.8 Å². The zero-order valence-corrected chi connectivity index (χ0v) is 12.7. The zero-order chi connectivity index (χ0) is 14.8. The van der Waals surface area contributed by atoms with E-state index in [0.717, 1.165) is 51.6 Å². The SMILES string of the molecule is NC1CCCC(CC(=O)N2CCC3NC(=O)CCC3C2)C1. The van der Waals surface area contributed by atoms with Gasteiger partial charge in [0.25, 0.3) is 0 Å². The van der Waals surface area contributed by atoms with Crippen LogP contribution in [0.2, 0.25) is 0 Å². The Labute approximate surface area is 126 Å². The fourth-order valence-corrected chi connectivity index (χ4v) is 4.23. The normalized spacial score (nSPS) is 36.8. The largest absolute Gasteiger partial charge is 0.353 e. The Balaban J connectivity index is 1.50. The molecule has 3 aliphatic rings. The molecule has 5 heteroatoms. The average Bonchev–Trinajstić information content (AvgIpc) is 2.46. The van der Waals surface area contributed by atoms with Crippen molar-refractivity contribution in [1.82, 2.24) is 10.2 Å². The molecule has 2 heterocycles. The third-order valence-electron chi connectivity index (χ3n) is 5.46. The van der Waals surface area contributed by atoms with Crippen LogP contribution in [0.3, 0.4) is 0 Å². The van der Waals surface area contributed by atoms with Crippen LogP contribution in [0.5, 0.6) is 0 Å². The summed E-state index contributed by atoms with van der Waals surface area (Å²) in [7, 11) is 0. The van der Waals surface area contributed by atoms with Crippen LogP contribution in [0.25, 0.3) is 0 Å². The number of nitrogens with two attached hydrogens (primary N) is 1. The molecule has 4 atom stereocenters. The standard InChI is InChI=1S/C16H27N3O2/c17-13-3-1-2-11(8-13)9-16(21)19-7-6-14-12(10-19)4-5-15(20)18-14/h11-14H,1-10,17H2,(H,18,20). The molecule has 0 aromatic rings. The summed E-state index contributed by atoms with van der Waals surface area (Å²) in [4.78, 5) is 26.0. The molecule has 2 aliphatic heterocycles. The molecule has 0 spiro atoms. The third kappa shape index (κ3) is 3.57. The summed E-state index contributed by atoms with van der Waals surface area (Å²) in [5.74, 6) is 1.40. The van der Waals surface area contributed by atoms with E-state index in [0.29, 0.717) is 36.6 Å². The second kappa shape index (κ2) is 6.34. The van der Waals surface area contributed by atoms with Gasteiger partial charge in [-0.25, -0.2) is 0 Å². The van der Waals surface area contributed by atoms with E-state index >= 15 is 0 Å². The number of carbonyl (C=O) groups is 2. The van der Waals surface area contributed by atoms with Gasteiger partial charge >= 0.3 is 0 Å². The lowest BCUT2D eigenvalue weighted by atomic mass is 9.82. The molecule has 3 N–H and O–H groups in total. The highest BCUT2D eigenvalue weighted by molar-refractivity contribution is 5.78. The quantitative estimate of drug-likeness (QED) is 0.798. The molecule has 2 amide bonds. The van der Waals surface area contributed by atoms with Gasteiger partial charge in [-0.15, -0.1) is 0 Å². The molecular formula is C16H27N3O2. The van der Waals surface area contributed by atoms with Crippen LogP contribution in [0.15, 0.2) is 0 Å². The van der Waals surface area contributed by atoms with Gasteiger partial charge in [0.05, 0.1) is 0 Å². The molecule has 3 fully saturated rings. The van der Waals surface area contributed by atoms with Crippen molar-refractivity contribution in [3.63, 3.8) is 0 Å². The van der Waals surface area contributed by atoms with Crippen LogP contribution in [0.4, 0.5) is 0 Å². The molecule has 0 aromatic carbocycles. The Morgan fingerprint density at radius 1 is 1.29 bits per heavy atom. The summed E-state index contributed by atoms with van der Waals surface area (Å²) < 4.78 is 0. The Morgan fingerprint density at radius 3 is 2.95 bits per heavy atom. The Hall–Kier alpha value is -1.10. The van der Waals surface area contributed by atoms with Crippen molar-refractivity contribution in [2.24, 2.45) is 17.6 Å². The number of hydrogen-bond donors (Lipinski definition) is 2. The van der Waals surface area contributed by atoms with Crippen molar-refractivity contribution in [1.29, 1.82) is 0 Å². The first-order chi connectivity index (χ1) is 10.1. The van der Waals surface area contributed by atoms with Crippen molar-refractivity contribution in [3.8, 4) is 0 Å². The Kier molecular flexibility index (Phi) is 4.48. The van der Waals surface area contributed by atoms with Crippen LogP contribution in [-0.4, -0.2) is 41.9 Å². The van der Waals surface area contributed by atoms with Gasteiger partial charge < -0.3 is 16.0 Å². The molecule has 4 unspecified atom stereocenters. The molecule has 0 radical (unpaired) electrons. The molecule has 118 valence electrons. The Bertz CT molecular complexity index is 412. The monoisotopic (exact) mass is 293 g/mol. The van der Waals surface area contributed by atoms with Crippen molar-refractivity contribution in [2.75, 3.05) is 13.1 Å². The van der Waals surface area contributed by atoms with E-state index in [-0.39, 0.29) is 11.9 Å². The van der Waals surface area contributed by atoms with E-state index in [9.17, 15) is 9.59 Å². The number of nitrogens with zero attached hydrogens (tertiary/aromatic N) is 1. The summed E-state index contributed by atoms with van der Waals surface area (Å²) in [5.41, 5.74) is 6.01. The fourth-order valence-electron chi connectivity index (χ4n) is 4.23. The predicted molar refractivity (Wildman–Crippen MR) is 80.4 cm³/mol. The second-order valence-corrected chi connectivity index (χ2v) is 7.10. The van der Waals surface area contributed by atoms with E-state index in [1.807, 2.05) is 4.90 Å². The van der Waals surface area contributed by atoms with Gasteiger partial charge in [0, 0.05) is 38.0 Å². The van der Waals surface area contributed by atoms with E-state index < -0.39 is 0 Å². The van der Waals surface area contributed by atoms with E-state index in [1.165, 1.54) is 0 Å². The summed E-state index contributed by atoms with van der Waals surface area (Å²) in [6.07, 6.45) is 7.53. The highest BCUT2D eigenvalue weighted by atomic mass is 16.2. The summed E-state index contributed by atoms with van der Waals surface area (Å²) in [5, 5.41) is 3.07. The number of amides is 2. The smallest absolute Gasteiger partial charge is 0.222 e. The van der Waals surface area contributed by atoms with Crippen molar-refractivity contribution in [3.05, 3.63) is 0 Å². The second-order valence-electron chi connectivity index (χ2n) is 7.10. The molecule has 21 heavy (non-hydrogen) atoms. The number of rotatable bonds is 2. The number of carbonyl (C=O) groups excluding carboxylic acids is 2. The topological polar surface area (TPSA) is 75.4 Å². The molecule has 0 aromatic heterocycles. The lowest BCUT2D eigenvalue weighted by Gasteiger charge is -2.42. The van der Waals surface area contributed by atoms with E-state index in [4.69, 9.17) is 5.73 Å². The minimum Gasteiger partial charge on any atom is -0.353 e. The lowest BCUT2D eigenvalue weighted by molar-refractivity contribution is -0.136. The molecular weight excluding hydrogens is 266 g/mol. The van der Waals surface area contributed by atoms with Crippen LogP contribution in [-0.2, 0) is 9.59 Å². The van der Waals surface area contributed by atoms with Gasteiger partial charge in [-0.05, 0) is 43.9 Å². The first-order valence-electron chi connectivity index (χ1n) is 8.44. The van der Waals surface area contributed by atoms with Crippen LogP contribution >= 0.6 is 0 Å². The number of nitrogens with one attached hydrogen (secondary N) is 1. The number of likely N-dealkylation sites (tertiary alicyclic amines) is 1. The van der Waals surface area contributed by atoms with E-state index in [1.54, 1.807) is 0 Å². The van der Waals surface area contributed by atoms with Crippen molar-refractivity contribution >= 4 is 11.8 Å². The zero-order valence-electron chi connectivity index (χ0n) is 12.7. The third-order valence-corrected chi connectivity index (χ3v) is 5.46. The summed E-state index contributed by atoms with van der Waals surface area (Å²) >= 11 is 0. The maximum absolute atomic E-state index is 12.5. The van der Waals surface area contributed by atoms with Crippen molar-refractivity contribution < 1.29 is 9.59 Å². The molecule has 0 bridgehead atoms. The molecule has 3 rings (SSSR count). The highest BCUT2D eigenvalue weighted by Gasteiger charge is 2.35. The predicted octanol–water partition coefficient (Wildman–Crippen LogP) is 1.02. The maximum Gasteiger partial charge on any atom is 0.222 e. The number of hydrogen-bond acceptors (Lipinski definition) is 3. The van der Waals surface area contributed by atoms with Gasteiger partial charge in [0.15, 0.2) is 0 Å². The van der Waals surface area contributed by atoms with Gasteiger partial charge in [-0.3, -0.25) is 9.59 Å². The van der Waals surface area contributed by atoms with Crippen molar-refractivity contribution in [2.45, 2.75) is 63.5 Å². The minimum absolute atomic E-state index is 0.173.